The lowest BCUT2D eigenvalue weighted by atomic mass is 10.0. The van der Waals surface area contributed by atoms with Crippen LogP contribution in [0.25, 0.3) is 0 Å². The summed E-state index contributed by atoms with van der Waals surface area (Å²) in [4.78, 5) is 38.3. The highest BCUT2D eigenvalue weighted by Crippen LogP contribution is 2.17. The normalized spacial score (nSPS) is 12.7. The second-order valence-corrected chi connectivity index (χ2v) is 21.6. The number of allylic oxidation sites excluding steroid dienone is 16. The van der Waals surface area contributed by atoms with Crippen LogP contribution in [0.15, 0.2) is 97.2 Å². The van der Waals surface area contributed by atoms with Crippen LogP contribution < -0.4 is 0 Å². The van der Waals surface area contributed by atoms with Gasteiger partial charge < -0.3 is 14.2 Å². The highest BCUT2D eigenvalue weighted by Gasteiger charge is 2.19. The van der Waals surface area contributed by atoms with E-state index in [4.69, 9.17) is 14.2 Å². The molecule has 442 valence electrons. The van der Waals surface area contributed by atoms with Crippen LogP contribution in [-0.4, -0.2) is 37.2 Å². The number of hydrogen-bond acceptors (Lipinski definition) is 6. The molecule has 0 spiro atoms. The Morgan fingerprint density at radius 3 is 0.831 bits per heavy atom. The van der Waals surface area contributed by atoms with Crippen molar-refractivity contribution in [3.05, 3.63) is 97.2 Å². The smallest absolute Gasteiger partial charge is 0.306 e. The summed E-state index contributed by atoms with van der Waals surface area (Å²) in [6, 6.07) is 0. The largest absolute Gasteiger partial charge is 0.462 e. The molecular weight excluding hydrogens is 949 g/mol. The molecule has 0 aliphatic heterocycles. The van der Waals surface area contributed by atoms with Gasteiger partial charge in [0.05, 0.1) is 0 Å². The highest BCUT2D eigenvalue weighted by molar-refractivity contribution is 5.71. The van der Waals surface area contributed by atoms with E-state index >= 15 is 0 Å². The van der Waals surface area contributed by atoms with E-state index in [1.807, 2.05) is 0 Å². The molecule has 0 radical (unpaired) electrons. The lowest BCUT2D eigenvalue weighted by Crippen LogP contribution is -2.30. The molecular formula is C71H122O6. The lowest BCUT2D eigenvalue weighted by Gasteiger charge is -2.18. The van der Waals surface area contributed by atoms with Gasteiger partial charge in [-0.1, -0.05) is 304 Å². The van der Waals surface area contributed by atoms with Crippen LogP contribution in [0.1, 0.15) is 316 Å². The van der Waals surface area contributed by atoms with E-state index < -0.39 is 6.10 Å². The summed E-state index contributed by atoms with van der Waals surface area (Å²) < 4.78 is 16.9. The first-order valence-corrected chi connectivity index (χ1v) is 32.7. The topological polar surface area (TPSA) is 78.9 Å². The second kappa shape index (κ2) is 64.9. The van der Waals surface area contributed by atoms with E-state index in [2.05, 4.69) is 118 Å². The van der Waals surface area contributed by atoms with Gasteiger partial charge in [0.2, 0.25) is 0 Å². The molecule has 0 bridgehead atoms. The average Bonchev–Trinajstić information content (AvgIpc) is 3.43. The average molecular weight is 1070 g/mol. The highest BCUT2D eigenvalue weighted by atomic mass is 16.6. The summed E-state index contributed by atoms with van der Waals surface area (Å²) in [6.07, 6.45) is 87.3. The van der Waals surface area contributed by atoms with Gasteiger partial charge >= 0.3 is 17.9 Å². The molecule has 0 aromatic rings. The van der Waals surface area contributed by atoms with Crippen molar-refractivity contribution in [1.82, 2.24) is 0 Å². The Kier molecular flexibility index (Phi) is 61.8. The number of carbonyl (C=O) groups excluding carboxylic acids is 3. The molecule has 0 aromatic carbocycles. The van der Waals surface area contributed by atoms with Crippen LogP contribution in [0.2, 0.25) is 0 Å². The van der Waals surface area contributed by atoms with Crippen LogP contribution in [0.3, 0.4) is 0 Å². The minimum atomic E-state index is -0.815. The summed E-state index contributed by atoms with van der Waals surface area (Å²) in [5.74, 6) is -0.970. The zero-order valence-electron chi connectivity index (χ0n) is 50.7. The van der Waals surface area contributed by atoms with Crippen molar-refractivity contribution in [3.63, 3.8) is 0 Å². The third kappa shape index (κ3) is 63.0. The second-order valence-electron chi connectivity index (χ2n) is 21.6. The number of esters is 3. The van der Waals surface area contributed by atoms with Crippen molar-refractivity contribution in [2.45, 2.75) is 322 Å². The van der Waals surface area contributed by atoms with E-state index in [0.717, 1.165) is 116 Å². The van der Waals surface area contributed by atoms with E-state index in [-0.39, 0.29) is 37.5 Å². The van der Waals surface area contributed by atoms with Gasteiger partial charge in [0.25, 0.3) is 0 Å². The zero-order chi connectivity index (χ0) is 55.7. The molecule has 0 aliphatic rings. The summed E-state index contributed by atoms with van der Waals surface area (Å²) in [5, 5.41) is 0. The predicted octanol–water partition coefficient (Wildman–Crippen LogP) is 22.4. The number of unbranched alkanes of at least 4 members (excludes halogenated alkanes) is 32. The Morgan fingerprint density at radius 2 is 0.519 bits per heavy atom. The fourth-order valence-corrected chi connectivity index (χ4v) is 9.26. The molecule has 1 unspecified atom stereocenters. The fourth-order valence-electron chi connectivity index (χ4n) is 9.26. The fraction of sp³-hybridized carbons (Fsp3) is 0.732. The Hall–Kier alpha value is -3.67. The van der Waals surface area contributed by atoms with Crippen LogP contribution in [0.5, 0.6) is 0 Å². The standard InChI is InChI=1S/C71H122O6/c1-4-7-10-13-16-19-22-25-28-30-31-32-33-34-35-36-37-38-39-41-43-46-49-52-55-58-61-64-70(73)76-67-68(66-75-69(72)63-60-57-54-51-48-45-42-27-24-21-18-15-12-9-6-3)77-71(74)65-62-59-56-53-50-47-44-40-29-26-23-20-17-14-11-8-5-2/h8-9,11-12,17-18,20-21,26-27,29,42,44,47,53,56,68H,4-7,10,13-16,19,22-25,28,30-41,43,45-46,48-52,54-55,57-67H2,1-3H3/b11-8-,12-9-,20-17-,21-18-,29-26-,42-27-,47-44-,56-53-. The molecule has 0 saturated carbocycles. The molecule has 1 atom stereocenters. The Labute approximate surface area is 477 Å². The van der Waals surface area contributed by atoms with Gasteiger partial charge in [-0.15, -0.1) is 0 Å². The molecule has 0 saturated heterocycles. The molecule has 0 aliphatic carbocycles. The lowest BCUT2D eigenvalue weighted by molar-refractivity contribution is -0.167. The predicted molar refractivity (Wildman–Crippen MR) is 334 cm³/mol. The van der Waals surface area contributed by atoms with Crippen molar-refractivity contribution in [3.8, 4) is 0 Å². The maximum Gasteiger partial charge on any atom is 0.306 e. The third-order valence-electron chi connectivity index (χ3n) is 14.1. The molecule has 6 nitrogen and oxygen atoms in total. The maximum atomic E-state index is 12.9. The van der Waals surface area contributed by atoms with Crippen molar-refractivity contribution in [1.29, 1.82) is 0 Å². The van der Waals surface area contributed by atoms with Crippen LogP contribution in [-0.2, 0) is 28.6 Å². The minimum Gasteiger partial charge on any atom is -0.462 e. The van der Waals surface area contributed by atoms with Gasteiger partial charge in [0.1, 0.15) is 13.2 Å². The first kappa shape index (κ1) is 73.3. The quantitative estimate of drug-likeness (QED) is 0.0261. The van der Waals surface area contributed by atoms with Gasteiger partial charge in [-0.3, -0.25) is 14.4 Å². The summed E-state index contributed by atoms with van der Waals surface area (Å²) in [7, 11) is 0. The van der Waals surface area contributed by atoms with E-state index in [1.54, 1.807) is 0 Å². The van der Waals surface area contributed by atoms with Crippen molar-refractivity contribution < 1.29 is 28.6 Å². The molecule has 0 N–H and O–H groups in total. The van der Waals surface area contributed by atoms with Gasteiger partial charge in [-0.25, -0.2) is 0 Å². The SMILES string of the molecule is CC/C=C\C/C=C\C/C=C\C/C=C\C/C=C\CCCC(=O)OC(COC(=O)CCCCCCC/C=C\C/C=C\C/C=C\CC)COC(=O)CCCCCCCCCCCCCCCCCCCCCCCCCCCCC. The molecule has 77 heavy (non-hydrogen) atoms. The van der Waals surface area contributed by atoms with Gasteiger partial charge in [-0.2, -0.15) is 0 Å². The van der Waals surface area contributed by atoms with Crippen LogP contribution in [0, 0.1) is 0 Å². The van der Waals surface area contributed by atoms with E-state index in [9.17, 15) is 14.4 Å². The third-order valence-corrected chi connectivity index (χ3v) is 14.1. The zero-order valence-corrected chi connectivity index (χ0v) is 50.7. The van der Waals surface area contributed by atoms with E-state index in [0.29, 0.717) is 19.3 Å². The molecule has 0 fully saturated rings. The monoisotopic (exact) mass is 1070 g/mol. The summed E-state index contributed by atoms with van der Waals surface area (Å²) in [6.45, 7) is 6.39. The number of carbonyl (C=O) groups is 3. The minimum absolute atomic E-state index is 0.104. The number of hydrogen-bond donors (Lipinski definition) is 0. The first-order chi connectivity index (χ1) is 38.0. The summed E-state index contributed by atoms with van der Waals surface area (Å²) in [5.41, 5.74) is 0. The van der Waals surface area contributed by atoms with Crippen molar-refractivity contribution >= 4 is 17.9 Å². The van der Waals surface area contributed by atoms with Crippen LogP contribution in [0.4, 0.5) is 0 Å². The van der Waals surface area contributed by atoms with Crippen molar-refractivity contribution in [2.24, 2.45) is 0 Å². The van der Waals surface area contributed by atoms with Gasteiger partial charge in [0.15, 0.2) is 6.10 Å². The van der Waals surface area contributed by atoms with Gasteiger partial charge in [-0.05, 0) is 89.9 Å². The molecule has 0 heterocycles. The first-order valence-electron chi connectivity index (χ1n) is 32.7. The Balaban J connectivity index is 4.32. The molecule has 0 aromatic heterocycles. The number of ether oxygens (including phenoxy) is 3. The summed E-state index contributed by atoms with van der Waals surface area (Å²) >= 11 is 0. The van der Waals surface area contributed by atoms with Crippen LogP contribution >= 0.6 is 0 Å². The molecule has 0 amide bonds. The maximum absolute atomic E-state index is 12.9. The van der Waals surface area contributed by atoms with Gasteiger partial charge in [0, 0.05) is 19.3 Å². The van der Waals surface area contributed by atoms with Crippen molar-refractivity contribution in [2.75, 3.05) is 13.2 Å². The molecule has 6 heteroatoms. The Morgan fingerprint density at radius 1 is 0.273 bits per heavy atom. The Bertz CT molecular complexity index is 1510. The molecule has 0 rings (SSSR count). The van der Waals surface area contributed by atoms with E-state index in [1.165, 1.54) is 154 Å². The number of rotatable bonds is 59.